The molecule has 2 rings (SSSR count). The molecular formula is C15H22BN3O2. The molecule has 0 aromatic rings. The van der Waals surface area contributed by atoms with Gasteiger partial charge in [0.25, 0.3) is 0 Å². The van der Waals surface area contributed by atoms with Gasteiger partial charge in [0.2, 0.25) is 0 Å². The van der Waals surface area contributed by atoms with E-state index in [-0.39, 0.29) is 1.43 Å². The minimum absolute atomic E-state index is 0. The summed E-state index contributed by atoms with van der Waals surface area (Å²) in [6.45, 7) is 13.8. The SMILES string of the molecule is C=C1C=C(C#N)C=NN1/C(=C\C)B1OC(C)(C)C(C)(C)O1.[HH]. The Morgan fingerprint density at radius 1 is 1.43 bits per heavy atom. The second-order valence-electron chi connectivity index (χ2n) is 6.06. The predicted octanol–water partition coefficient (Wildman–Crippen LogP) is 3.03. The van der Waals surface area contributed by atoms with Gasteiger partial charge in [0.15, 0.2) is 0 Å². The molecule has 1 fully saturated rings. The highest BCUT2D eigenvalue weighted by Gasteiger charge is 2.53. The van der Waals surface area contributed by atoms with Crippen LogP contribution >= 0.6 is 0 Å². The summed E-state index contributed by atoms with van der Waals surface area (Å²) in [7, 11) is -0.522. The standard InChI is InChI=1S/C15H20BN3O2.H2/c1-7-13(16-20-14(3,4)15(5,6)21-16)19-11(2)8-12(9-17)10-18-19;/h7-8,10H,2H2,1,3-6H3;1H/b13-7-;. The first-order valence-corrected chi connectivity index (χ1v) is 6.88. The molecule has 0 radical (unpaired) electrons. The van der Waals surface area contributed by atoms with E-state index in [4.69, 9.17) is 14.6 Å². The summed E-state index contributed by atoms with van der Waals surface area (Å²) >= 11 is 0. The number of rotatable bonds is 2. The van der Waals surface area contributed by atoms with Crippen molar-refractivity contribution in [3.8, 4) is 6.07 Å². The Morgan fingerprint density at radius 2 is 2.00 bits per heavy atom. The van der Waals surface area contributed by atoms with Gasteiger partial charge in [-0.3, -0.25) is 0 Å². The molecule has 0 N–H and O–H groups in total. The van der Waals surface area contributed by atoms with Gasteiger partial charge in [-0.2, -0.15) is 10.4 Å². The summed E-state index contributed by atoms with van der Waals surface area (Å²) in [5.74, 6) is 0. The van der Waals surface area contributed by atoms with Crippen molar-refractivity contribution in [2.45, 2.75) is 45.8 Å². The molecule has 1 saturated heterocycles. The summed E-state index contributed by atoms with van der Waals surface area (Å²) in [5, 5.41) is 14.8. The quantitative estimate of drug-likeness (QED) is 0.732. The number of allylic oxidation sites excluding steroid dienone is 3. The van der Waals surface area contributed by atoms with Crippen LogP contribution in [0.2, 0.25) is 0 Å². The number of hydrazone groups is 1. The topological polar surface area (TPSA) is 57.9 Å². The van der Waals surface area contributed by atoms with Crippen LogP contribution < -0.4 is 0 Å². The van der Waals surface area contributed by atoms with Gasteiger partial charge in [-0.15, -0.1) is 0 Å². The minimum atomic E-state index is -0.522. The third-order valence-electron chi connectivity index (χ3n) is 4.07. The van der Waals surface area contributed by atoms with E-state index in [2.05, 4.69) is 11.7 Å². The molecule has 2 aliphatic rings. The third-order valence-corrected chi connectivity index (χ3v) is 4.07. The summed E-state index contributed by atoms with van der Waals surface area (Å²) in [6.07, 6.45) is 5.07. The summed E-state index contributed by atoms with van der Waals surface area (Å²) in [6, 6.07) is 2.05. The Labute approximate surface area is 127 Å². The van der Waals surface area contributed by atoms with E-state index in [9.17, 15) is 0 Å². The van der Waals surface area contributed by atoms with E-state index < -0.39 is 18.3 Å². The second kappa shape index (κ2) is 5.17. The van der Waals surface area contributed by atoms with Gasteiger partial charge in [0, 0.05) is 1.43 Å². The molecule has 112 valence electrons. The Balaban J connectivity index is 0.00000242. The van der Waals surface area contributed by atoms with Crippen LogP contribution in [0.25, 0.3) is 0 Å². The van der Waals surface area contributed by atoms with E-state index in [0.717, 1.165) is 5.60 Å². The fourth-order valence-electron chi connectivity index (χ4n) is 2.09. The van der Waals surface area contributed by atoms with Crippen molar-refractivity contribution in [1.29, 1.82) is 5.26 Å². The van der Waals surface area contributed by atoms with Crippen molar-refractivity contribution in [2.24, 2.45) is 5.10 Å². The van der Waals surface area contributed by atoms with Crippen molar-refractivity contribution < 1.29 is 10.7 Å². The molecule has 21 heavy (non-hydrogen) atoms. The molecule has 2 aliphatic heterocycles. The molecule has 6 heteroatoms. The van der Waals surface area contributed by atoms with Crippen molar-refractivity contribution >= 4 is 13.3 Å². The number of nitriles is 1. The molecule has 0 amide bonds. The smallest absolute Gasteiger partial charge is 0.398 e. The van der Waals surface area contributed by atoms with E-state index >= 15 is 0 Å². The molecule has 0 aromatic heterocycles. The largest absolute Gasteiger partial charge is 0.514 e. The molecule has 5 nitrogen and oxygen atoms in total. The zero-order chi connectivity index (χ0) is 15.8. The van der Waals surface area contributed by atoms with E-state index in [1.165, 1.54) is 6.21 Å². The first kappa shape index (κ1) is 15.6. The highest BCUT2D eigenvalue weighted by molar-refractivity contribution is 6.54. The maximum atomic E-state index is 8.91. The van der Waals surface area contributed by atoms with Crippen LogP contribution in [-0.4, -0.2) is 29.5 Å². The van der Waals surface area contributed by atoms with Crippen LogP contribution in [-0.2, 0) is 9.31 Å². The highest BCUT2D eigenvalue weighted by Crippen LogP contribution is 2.39. The van der Waals surface area contributed by atoms with Crippen molar-refractivity contribution in [3.05, 3.63) is 35.6 Å². The van der Waals surface area contributed by atoms with Crippen LogP contribution in [0.15, 0.2) is 40.7 Å². The average molecular weight is 287 g/mol. The van der Waals surface area contributed by atoms with Crippen molar-refractivity contribution in [2.75, 3.05) is 0 Å². The molecule has 0 unspecified atom stereocenters. The minimum Gasteiger partial charge on any atom is -0.398 e. The molecule has 0 aromatic carbocycles. The second-order valence-corrected chi connectivity index (χ2v) is 6.06. The van der Waals surface area contributed by atoms with Gasteiger partial charge in [-0.1, -0.05) is 12.7 Å². The lowest BCUT2D eigenvalue weighted by Gasteiger charge is -2.32. The molecule has 0 saturated carbocycles. The van der Waals surface area contributed by atoms with Crippen molar-refractivity contribution in [1.82, 2.24) is 5.01 Å². The highest BCUT2D eigenvalue weighted by atomic mass is 16.7. The van der Waals surface area contributed by atoms with E-state index in [1.807, 2.05) is 46.8 Å². The zero-order valence-corrected chi connectivity index (χ0v) is 13.2. The van der Waals surface area contributed by atoms with Gasteiger partial charge < -0.3 is 9.31 Å². The zero-order valence-electron chi connectivity index (χ0n) is 13.2. The normalized spacial score (nSPS) is 24.1. The summed E-state index contributed by atoms with van der Waals surface area (Å²) < 4.78 is 12.1. The maximum absolute atomic E-state index is 8.91. The molecule has 0 atom stereocenters. The lowest BCUT2D eigenvalue weighted by atomic mass is 9.83. The van der Waals surface area contributed by atoms with Gasteiger partial charge in [0.05, 0.1) is 34.3 Å². The van der Waals surface area contributed by atoms with Gasteiger partial charge >= 0.3 is 7.12 Å². The number of hydrogen-bond acceptors (Lipinski definition) is 5. The summed E-state index contributed by atoms with van der Waals surface area (Å²) in [4.78, 5) is 0. The molecule has 0 aliphatic carbocycles. The first-order chi connectivity index (χ1) is 9.71. The van der Waals surface area contributed by atoms with Crippen LogP contribution in [0, 0.1) is 11.3 Å². The molecule has 0 spiro atoms. The fourth-order valence-corrected chi connectivity index (χ4v) is 2.09. The lowest BCUT2D eigenvalue weighted by molar-refractivity contribution is 0.00578. The van der Waals surface area contributed by atoms with Crippen molar-refractivity contribution in [3.63, 3.8) is 0 Å². The average Bonchev–Trinajstić information content (AvgIpc) is 2.61. The van der Waals surface area contributed by atoms with Gasteiger partial charge in [-0.05, 0) is 40.7 Å². The molecular weight excluding hydrogens is 265 g/mol. The molecule has 2 heterocycles. The Kier molecular flexibility index (Phi) is 3.83. The monoisotopic (exact) mass is 287 g/mol. The maximum Gasteiger partial charge on any atom is 0.514 e. The fraction of sp³-hybridized carbons (Fsp3) is 0.467. The number of nitrogens with zero attached hydrogens (tertiary/aromatic N) is 3. The molecule has 0 bridgehead atoms. The Bertz CT molecular complexity index is 586. The Hall–Kier alpha value is -1.84. The van der Waals surface area contributed by atoms with E-state index in [1.54, 1.807) is 11.1 Å². The number of hydrogen-bond donors (Lipinski definition) is 0. The Morgan fingerprint density at radius 3 is 2.43 bits per heavy atom. The van der Waals surface area contributed by atoms with Crippen LogP contribution in [0.1, 0.15) is 36.0 Å². The van der Waals surface area contributed by atoms with Gasteiger partial charge in [0.1, 0.15) is 6.07 Å². The first-order valence-electron chi connectivity index (χ1n) is 6.88. The third kappa shape index (κ3) is 2.67. The lowest BCUT2D eigenvalue weighted by Crippen LogP contribution is -2.41. The summed E-state index contributed by atoms with van der Waals surface area (Å²) in [5.41, 5.74) is 1.00. The predicted molar refractivity (Wildman–Crippen MR) is 85.1 cm³/mol. The van der Waals surface area contributed by atoms with Gasteiger partial charge in [-0.25, -0.2) is 5.01 Å². The van der Waals surface area contributed by atoms with Crippen LogP contribution in [0.5, 0.6) is 0 Å². The van der Waals surface area contributed by atoms with E-state index in [0.29, 0.717) is 11.3 Å². The van der Waals surface area contributed by atoms with Crippen LogP contribution in [0.4, 0.5) is 0 Å². The van der Waals surface area contributed by atoms with Crippen LogP contribution in [0.3, 0.4) is 0 Å².